The van der Waals surface area contributed by atoms with E-state index in [-0.39, 0.29) is 12.0 Å². The van der Waals surface area contributed by atoms with Crippen molar-refractivity contribution in [1.29, 1.82) is 0 Å². The molecule has 3 nitrogen and oxygen atoms in total. The van der Waals surface area contributed by atoms with E-state index in [0.717, 1.165) is 41.1 Å². The van der Waals surface area contributed by atoms with Crippen LogP contribution >= 0.6 is 0 Å². The van der Waals surface area contributed by atoms with E-state index in [1.807, 2.05) is 50.6 Å². The van der Waals surface area contributed by atoms with Gasteiger partial charge in [-0.05, 0) is 0 Å². The average molecular weight is 407 g/mol. The van der Waals surface area contributed by atoms with Crippen molar-refractivity contribution in [2.75, 3.05) is 0 Å². The summed E-state index contributed by atoms with van der Waals surface area (Å²) in [4.78, 5) is 0.390. The molecule has 0 unspecified atom stereocenters. The summed E-state index contributed by atoms with van der Waals surface area (Å²) >= 11 is 0.970. The number of benzene rings is 1. The second-order valence-electron chi connectivity index (χ2n) is 5.62. The fourth-order valence-corrected chi connectivity index (χ4v) is 4.45. The molecule has 1 atom stereocenters. The van der Waals surface area contributed by atoms with Crippen LogP contribution in [0.15, 0.2) is 32.7 Å². The van der Waals surface area contributed by atoms with Crippen LogP contribution in [0.2, 0.25) is 0 Å². The number of hydrogen-bond donors (Lipinski definition) is 1. The second kappa shape index (κ2) is 7.68. The first-order valence-electron chi connectivity index (χ1n) is 6.92. The second-order valence-corrected chi connectivity index (χ2v) is 8.22. The van der Waals surface area contributed by atoms with E-state index in [1.165, 1.54) is 0 Å². The molecule has 5 heteroatoms. The van der Waals surface area contributed by atoms with Crippen molar-refractivity contribution >= 4 is 34.4 Å². The number of hydrogen-bond acceptors (Lipinski definition) is 2. The molecule has 0 aromatic heterocycles. The molecule has 0 spiro atoms. The molecular formula is C16H22InNO2S. The molecule has 0 fully saturated rings. The van der Waals surface area contributed by atoms with Crippen LogP contribution in [0.25, 0.3) is 0 Å². The van der Waals surface area contributed by atoms with E-state index in [2.05, 4.69) is 10.5 Å². The van der Waals surface area contributed by atoms with E-state index < -0.39 is 10.0 Å². The third kappa shape index (κ3) is 5.03. The Hall–Kier alpha value is -0.480. The Balaban J connectivity index is 3.26. The number of aryl methyl sites for hydroxylation is 3. The topological polar surface area (TPSA) is 46.2 Å². The maximum absolute atomic E-state index is 12.7. The van der Waals surface area contributed by atoms with Gasteiger partial charge in [0.15, 0.2) is 0 Å². The summed E-state index contributed by atoms with van der Waals surface area (Å²) in [7, 11) is -3.54. The van der Waals surface area contributed by atoms with Crippen molar-refractivity contribution in [3.8, 4) is 0 Å². The molecule has 0 saturated heterocycles. The molecule has 0 heterocycles. The van der Waals surface area contributed by atoms with Crippen LogP contribution in [0.3, 0.4) is 0 Å². The summed E-state index contributed by atoms with van der Waals surface area (Å²) in [5.74, 6) is 0.166. The van der Waals surface area contributed by atoms with E-state index in [0.29, 0.717) is 4.90 Å². The first-order chi connectivity index (χ1) is 9.69. The predicted molar refractivity (Wildman–Crippen MR) is 88.0 cm³/mol. The van der Waals surface area contributed by atoms with E-state index >= 15 is 0 Å². The number of sulfonamides is 1. The van der Waals surface area contributed by atoms with Crippen molar-refractivity contribution in [1.82, 2.24) is 4.72 Å². The molecule has 112 valence electrons. The zero-order chi connectivity index (χ0) is 16.2. The van der Waals surface area contributed by atoms with E-state index in [9.17, 15) is 8.42 Å². The molecule has 2 radical (unpaired) electrons. The number of rotatable bonds is 5. The average Bonchev–Trinajstić information content (AvgIpc) is 2.32. The van der Waals surface area contributed by atoms with Gasteiger partial charge in [-0.2, -0.15) is 0 Å². The zero-order valence-corrected chi connectivity index (χ0v) is 17.4. The molecule has 1 rings (SSSR count). The Morgan fingerprint density at radius 1 is 1.19 bits per heavy atom. The van der Waals surface area contributed by atoms with Crippen molar-refractivity contribution in [3.05, 3.63) is 44.5 Å². The molecule has 0 amide bonds. The molecule has 1 aromatic carbocycles. The molecule has 0 saturated carbocycles. The minimum atomic E-state index is -3.54. The van der Waals surface area contributed by atoms with Crippen LogP contribution < -0.4 is 4.72 Å². The molecule has 1 N–H and O–H groups in total. The Kier molecular flexibility index (Phi) is 6.79. The van der Waals surface area contributed by atoms with Gasteiger partial charge in [-0.3, -0.25) is 0 Å². The van der Waals surface area contributed by atoms with E-state index in [1.54, 1.807) is 6.08 Å². The maximum atomic E-state index is 12.7. The Morgan fingerprint density at radius 2 is 1.71 bits per heavy atom. The van der Waals surface area contributed by atoms with E-state index in [4.69, 9.17) is 0 Å². The van der Waals surface area contributed by atoms with Crippen LogP contribution in [-0.4, -0.2) is 38.8 Å². The fourth-order valence-electron chi connectivity index (χ4n) is 2.35. The predicted octanol–water partition coefficient (Wildman–Crippen LogP) is 2.75. The van der Waals surface area contributed by atoms with Crippen LogP contribution in [0.5, 0.6) is 0 Å². The Bertz CT molecular complexity index is 649. The Labute approximate surface area is 143 Å². The fraction of sp³-hybridized carbons (Fsp3) is 0.438. The van der Waals surface area contributed by atoms with Gasteiger partial charge in [0.1, 0.15) is 0 Å². The van der Waals surface area contributed by atoms with Gasteiger partial charge in [0, 0.05) is 0 Å². The number of nitrogens with one attached hydrogen (secondary N) is 1. The molecule has 0 aliphatic heterocycles. The van der Waals surface area contributed by atoms with Gasteiger partial charge in [-0.1, -0.05) is 0 Å². The SMILES string of the molecule is Cc1cc(C)c(S(=O)(=O)N[C@H](C=C=[CH][In])C(C)C)c(C)c1. The standard InChI is InChI=1S/C16H22NO2S.In/c1-7-8-15(11(2)3)17-20(18,19)16-13(5)9-12(4)10-14(16)6;/h1,8-11,15,17H,2-6H3;/t7?,15-;/m1./s1. The summed E-state index contributed by atoms with van der Waals surface area (Å²) < 4.78 is 30.1. The third-order valence-corrected chi connectivity index (χ3v) is 5.57. The van der Waals surface area contributed by atoms with Crippen LogP contribution in [0.1, 0.15) is 30.5 Å². The van der Waals surface area contributed by atoms with Gasteiger partial charge in [0.2, 0.25) is 0 Å². The summed E-state index contributed by atoms with van der Waals surface area (Å²) in [5, 5.41) is 0. The van der Waals surface area contributed by atoms with Gasteiger partial charge in [-0.15, -0.1) is 0 Å². The third-order valence-electron chi connectivity index (χ3n) is 3.25. The molecule has 0 bridgehead atoms. The summed E-state index contributed by atoms with van der Waals surface area (Å²) in [6, 6.07) is 3.55. The first-order valence-corrected chi connectivity index (χ1v) is 10.3. The van der Waals surface area contributed by atoms with Gasteiger partial charge in [0.25, 0.3) is 0 Å². The molecule has 0 aliphatic rings. The molecule has 0 aliphatic carbocycles. The van der Waals surface area contributed by atoms with Crippen LogP contribution in [0.4, 0.5) is 0 Å². The summed E-state index contributed by atoms with van der Waals surface area (Å²) in [6.45, 7) is 9.64. The zero-order valence-electron chi connectivity index (χ0n) is 13.3. The first kappa shape index (κ1) is 18.6. The van der Waals surface area contributed by atoms with Crippen LogP contribution in [-0.2, 0) is 10.0 Å². The van der Waals surface area contributed by atoms with Gasteiger partial charge < -0.3 is 0 Å². The van der Waals surface area contributed by atoms with Crippen molar-refractivity contribution in [2.24, 2.45) is 5.92 Å². The summed E-state index contributed by atoms with van der Waals surface area (Å²) in [6.07, 6.45) is 1.80. The monoisotopic (exact) mass is 407 g/mol. The van der Waals surface area contributed by atoms with Gasteiger partial charge in [0.05, 0.1) is 0 Å². The van der Waals surface area contributed by atoms with Gasteiger partial charge >= 0.3 is 143 Å². The molecule has 21 heavy (non-hydrogen) atoms. The van der Waals surface area contributed by atoms with Crippen molar-refractivity contribution in [3.63, 3.8) is 0 Å². The normalized spacial score (nSPS) is 12.9. The summed E-state index contributed by atoms with van der Waals surface area (Å²) in [5.41, 5.74) is 5.66. The minimum absolute atomic E-state index is 0.166. The quantitative estimate of drug-likeness (QED) is 0.764. The van der Waals surface area contributed by atoms with Crippen molar-refractivity contribution < 1.29 is 8.42 Å². The Morgan fingerprint density at radius 3 is 2.14 bits per heavy atom. The molecular weight excluding hydrogens is 385 g/mol. The van der Waals surface area contributed by atoms with Crippen molar-refractivity contribution in [2.45, 2.75) is 45.6 Å². The van der Waals surface area contributed by atoms with Crippen LogP contribution in [0, 0.1) is 26.7 Å². The molecule has 1 aromatic rings. The van der Waals surface area contributed by atoms with Gasteiger partial charge in [-0.25, -0.2) is 0 Å².